The second-order valence-corrected chi connectivity index (χ2v) is 7.82. The van der Waals surface area contributed by atoms with Gasteiger partial charge in [0.15, 0.2) is 0 Å². The van der Waals surface area contributed by atoms with Gasteiger partial charge in [-0.25, -0.2) is 13.6 Å². The molecule has 3 aromatic carbocycles. The summed E-state index contributed by atoms with van der Waals surface area (Å²) in [4.78, 5) is 26.6. The fraction of sp³-hybridized carbons (Fsp3) is 0.0909. The third-order valence-corrected chi connectivity index (χ3v) is 5.85. The lowest BCUT2D eigenvalue weighted by atomic mass is 10.1. The van der Waals surface area contributed by atoms with Gasteiger partial charge in [0.25, 0.3) is 5.91 Å². The molecule has 1 heterocycles. The lowest BCUT2D eigenvalue weighted by Crippen LogP contribution is -2.19. The van der Waals surface area contributed by atoms with E-state index in [0.717, 1.165) is 17.0 Å². The number of aromatic nitrogens is 2. The average Bonchev–Trinajstić information content (AvgIpc) is 2.93. The number of halogens is 2. The van der Waals surface area contributed by atoms with Crippen molar-refractivity contribution in [2.45, 2.75) is 9.79 Å². The van der Waals surface area contributed by atoms with E-state index in [4.69, 9.17) is 0 Å². The number of anilines is 1. The molecule has 0 spiro atoms. The van der Waals surface area contributed by atoms with Crippen LogP contribution < -0.4 is 11.0 Å². The van der Waals surface area contributed by atoms with Crippen LogP contribution >= 0.6 is 11.8 Å². The average molecular weight is 425 g/mol. The van der Waals surface area contributed by atoms with Crippen molar-refractivity contribution in [2.75, 3.05) is 5.32 Å². The Morgan fingerprint density at radius 1 is 0.900 bits per heavy atom. The number of carbonyl (C=O) groups excluding carboxylic acids is 1. The van der Waals surface area contributed by atoms with Crippen molar-refractivity contribution in [1.29, 1.82) is 0 Å². The Labute approximate surface area is 174 Å². The van der Waals surface area contributed by atoms with Crippen LogP contribution in [-0.2, 0) is 14.1 Å². The van der Waals surface area contributed by atoms with Gasteiger partial charge in [-0.05, 0) is 36.4 Å². The third-order valence-electron chi connectivity index (χ3n) is 4.78. The zero-order valence-electron chi connectivity index (χ0n) is 16.1. The molecule has 0 fully saturated rings. The van der Waals surface area contributed by atoms with Crippen molar-refractivity contribution < 1.29 is 13.6 Å². The molecule has 4 rings (SSSR count). The van der Waals surface area contributed by atoms with Gasteiger partial charge in [0.1, 0.15) is 17.2 Å². The molecule has 1 aromatic heterocycles. The summed E-state index contributed by atoms with van der Waals surface area (Å²) in [5.74, 6) is -2.79. The molecular weight excluding hydrogens is 408 g/mol. The number of rotatable bonds is 4. The highest BCUT2D eigenvalue weighted by Gasteiger charge is 2.20. The highest BCUT2D eigenvalue weighted by atomic mass is 32.2. The minimum atomic E-state index is -0.946. The molecule has 0 saturated carbocycles. The Hall–Kier alpha value is -3.39. The number of carbonyl (C=O) groups is 1. The van der Waals surface area contributed by atoms with Crippen LogP contribution in [0.1, 0.15) is 10.4 Å². The van der Waals surface area contributed by atoms with E-state index in [0.29, 0.717) is 21.6 Å². The largest absolute Gasteiger partial charge is 0.328 e. The van der Waals surface area contributed by atoms with Crippen molar-refractivity contribution in [3.05, 3.63) is 88.3 Å². The topological polar surface area (TPSA) is 56.0 Å². The van der Waals surface area contributed by atoms with Gasteiger partial charge in [-0.2, -0.15) is 0 Å². The Morgan fingerprint density at radius 2 is 1.50 bits per heavy atom. The number of amides is 1. The molecule has 0 aliphatic carbocycles. The first kappa shape index (κ1) is 19.9. The molecule has 0 radical (unpaired) electrons. The predicted molar refractivity (Wildman–Crippen MR) is 113 cm³/mol. The fourth-order valence-corrected chi connectivity index (χ4v) is 4.16. The van der Waals surface area contributed by atoms with Gasteiger partial charge in [0, 0.05) is 23.9 Å². The second kappa shape index (κ2) is 7.79. The van der Waals surface area contributed by atoms with Crippen molar-refractivity contribution >= 4 is 34.4 Å². The lowest BCUT2D eigenvalue weighted by molar-refractivity contribution is 0.101. The van der Waals surface area contributed by atoms with Crippen LogP contribution in [0.4, 0.5) is 14.5 Å². The van der Waals surface area contributed by atoms with E-state index >= 15 is 0 Å². The van der Waals surface area contributed by atoms with E-state index in [1.165, 1.54) is 27.0 Å². The number of nitrogens with zero attached hydrogens (tertiary/aromatic N) is 2. The van der Waals surface area contributed by atoms with Crippen LogP contribution in [-0.4, -0.2) is 15.0 Å². The molecule has 8 heteroatoms. The zero-order valence-corrected chi connectivity index (χ0v) is 17.0. The predicted octanol–water partition coefficient (Wildman–Crippen LogP) is 4.56. The Kier molecular flexibility index (Phi) is 5.17. The van der Waals surface area contributed by atoms with E-state index < -0.39 is 23.1 Å². The molecular formula is C22H17F2N3O2S. The maximum Gasteiger partial charge on any atom is 0.328 e. The Balaban J connectivity index is 1.84. The number of hydrogen-bond acceptors (Lipinski definition) is 3. The highest BCUT2D eigenvalue weighted by Crippen LogP contribution is 2.36. The summed E-state index contributed by atoms with van der Waals surface area (Å²) in [6, 6.07) is 16.1. The zero-order chi connectivity index (χ0) is 21.4. The van der Waals surface area contributed by atoms with Gasteiger partial charge in [0.2, 0.25) is 0 Å². The maximum absolute atomic E-state index is 14.1. The summed E-state index contributed by atoms with van der Waals surface area (Å²) in [5.41, 5.74) is 0.741. The summed E-state index contributed by atoms with van der Waals surface area (Å²) in [5, 5.41) is 2.61. The molecule has 0 aliphatic rings. The van der Waals surface area contributed by atoms with Gasteiger partial charge in [-0.1, -0.05) is 36.0 Å². The van der Waals surface area contributed by atoms with Crippen LogP contribution in [0.2, 0.25) is 0 Å². The normalized spacial score (nSPS) is 11.1. The molecule has 0 bridgehead atoms. The molecule has 0 saturated heterocycles. The van der Waals surface area contributed by atoms with Crippen molar-refractivity contribution in [3.8, 4) is 0 Å². The van der Waals surface area contributed by atoms with Gasteiger partial charge in [0.05, 0.1) is 16.7 Å². The molecule has 0 aliphatic heterocycles. The standard InChI is InChI=1S/C22H17F2N3O2S/c1-26-17-11-16(25-21(28)20-14(23)9-6-10-15(20)24)19(12-18(17)27(2)22(26)29)30-13-7-4-3-5-8-13/h3-12H,1-2H3,(H,25,28). The minimum absolute atomic E-state index is 0.218. The molecule has 30 heavy (non-hydrogen) atoms. The summed E-state index contributed by atoms with van der Waals surface area (Å²) < 4.78 is 31.1. The van der Waals surface area contributed by atoms with Gasteiger partial charge in [-0.15, -0.1) is 0 Å². The van der Waals surface area contributed by atoms with Crippen molar-refractivity contribution in [3.63, 3.8) is 0 Å². The van der Waals surface area contributed by atoms with Crippen molar-refractivity contribution in [2.24, 2.45) is 14.1 Å². The highest BCUT2D eigenvalue weighted by molar-refractivity contribution is 7.99. The summed E-state index contributed by atoms with van der Waals surface area (Å²) >= 11 is 1.37. The van der Waals surface area contributed by atoms with E-state index in [9.17, 15) is 18.4 Å². The maximum atomic E-state index is 14.1. The first-order valence-corrected chi connectivity index (χ1v) is 9.86. The quantitative estimate of drug-likeness (QED) is 0.522. The number of fused-ring (bicyclic) bond motifs is 1. The minimum Gasteiger partial charge on any atom is -0.321 e. The third kappa shape index (κ3) is 3.50. The number of nitrogens with one attached hydrogen (secondary N) is 1. The SMILES string of the molecule is Cn1c(=O)n(C)c2cc(Sc3ccccc3)c(NC(=O)c3c(F)cccc3F)cc21. The van der Waals surface area contributed by atoms with Crippen LogP contribution in [0.15, 0.2) is 75.2 Å². The molecule has 0 unspecified atom stereocenters. The summed E-state index contributed by atoms with van der Waals surface area (Å²) in [7, 11) is 3.28. The summed E-state index contributed by atoms with van der Waals surface area (Å²) in [6.45, 7) is 0. The van der Waals surface area contributed by atoms with Gasteiger partial charge < -0.3 is 5.32 Å². The molecule has 1 N–H and O–H groups in total. The monoisotopic (exact) mass is 425 g/mol. The van der Waals surface area contributed by atoms with Gasteiger partial charge >= 0.3 is 5.69 Å². The second-order valence-electron chi connectivity index (χ2n) is 6.70. The first-order valence-electron chi connectivity index (χ1n) is 9.04. The number of aryl methyl sites for hydroxylation is 2. The van der Waals surface area contributed by atoms with E-state index in [-0.39, 0.29) is 5.69 Å². The number of benzene rings is 3. The van der Waals surface area contributed by atoms with E-state index in [2.05, 4.69) is 5.32 Å². The van der Waals surface area contributed by atoms with Crippen LogP contribution in [0.3, 0.4) is 0 Å². The molecule has 4 aromatic rings. The van der Waals surface area contributed by atoms with E-state index in [1.54, 1.807) is 26.2 Å². The van der Waals surface area contributed by atoms with E-state index in [1.807, 2.05) is 30.3 Å². The van der Waals surface area contributed by atoms with Crippen molar-refractivity contribution in [1.82, 2.24) is 9.13 Å². The number of hydrogen-bond donors (Lipinski definition) is 1. The Morgan fingerprint density at radius 3 is 2.13 bits per heavy atom. The molecule has 5 nitrogen and oxygen atoms in total. The van der Waals surface area contributed by atoms with Gasteiger partial charge in [-0.3, -0.25) is 13.9 Å². The summed E-state index contributed by atoms with van der Waals surface area (Å²) in [6.07, 6.45) is 0. The van der Waals surface area contributed by atoms with Crippen LogP contribution in [0.25, 0.3) is 11.0 Å². The molecule has 152 valence electrons. The fourth-order valence-electron chi connectivity index (χ4n) is 3.22. The van der Waals surface area contributed by atoms with Crippen LogP contribution in [0, 0.1) is 11.6 Å². The lowest BCUT2D eigenvalue weighted by Gasteiger charge is -2.13. The molecule has 1 amide bonds. The Bertz CT molecular complexity index is 1310. The first-order chi connectivity index (χ1) is 14.4. The smallest absolute Gasteiger partial charge is 0.321 e. The molecule has 0 atom stereocenters. The number of imidazole rings is 1. The van der Waals surface area contributed by atoms with Crippen LogP contribution in [0.5, 0.6) is 0 Å².